The molecule has 0 radical (unpaired) electrons. The Morgan fingerprint density at radius 2 is 1.24 bits per heavy atom. The third-order valence-electron chi connectivity index (χ3n) is 19.2. The Kier molecular flexibility index (Phi) is 8.67. The Morgan fingerprint density at radius 3 is 1.97 bits per heavy atom. The van der Waals surface area contributed by atoms with Crippen LogP contribution >= 0.6 is 0 Å². The highest BCUT2D eigenvalue weighted by Gasteiger charge is 2.50. The van der Waals surface area contributed by atoms with E-state index in [2.05, 4.69) is 242 Å². The molecule has 0 saturated heterocycles. The minimum atomic E-state index is -0.234. The molecule has 0 N–H and O–H groups in total. The minimum Gasteiger partial charge on any atom is -0.484 e. The number of para-hydroxylation sites is 1. The van der Waals surface area contributed by atoms with E-state index in [1.165, 1.54) is 122 Å². The molecule has 9 aromatic carbocycles. The van der Waals surface area contributed by atoms with Gasteiger partial charge in [-0.15, -0.1) is 0 Å². The van der Waals surface area contributed by atoms with E-state index < -0.39 is 0 Å². The molecular weight excluding hydrogens is 924 g/mol. The normalized spacial score (nSPS) is 18.9. The molecule has 2 atom stereocenters. The van der Waals surface area contributed by atoms with Crippen LogP contribution in [0, 0.1) is 0 Å². The number of ether oxygens (including phenoxy) is 1. The Bertz CT molecular complexity index is 4340. The maximum absolute atomic E-state index is 7.48. The smallest absolute Gasteiger partial charge is 0.333 e. The molecule has 16 rings (SSSR count). The highest BCUT2D eigenvalue weighted by molar-refractivity contribution is 6.94. The van der Waals surface area contributed by atoms with E-state index >= 15 is 0 Å². The van der Waals surface area contributed by atoms with Gasteiger partial charge in [-0.2, -0.15) is 0 Å². The molecule has 3 aliphatic heterocycles. The molecule has 0 spiro atoms. The summed E-state index contributed by atoms with van der Waals surface area (Å²) in [6.07, 6.45) is 2.07. The molecule has 0 saturated carbocycles. The summed E-state index contributed by atoms with van der Waals surface area (Å²) in [7, 11) is 0. The summed E-state index contributed by atoms with van der Waals surface area (Å²) in [5.41, 5.74) is 26.0. The lowest BCUT2D eigenvalue weighted by atomic mass is 9.43. The highest BCUT2D eigenvalue weighted by atomic mass is 16.5. The Labute approximate surface area is 446 Å². The predicted molar refractivity (Wildman–Crippen MR) is 317 cm³/mol. The van der Waals surface area contributed by atoms with Crippen LogP contribution < -0.4 is 20.5 Å². The second kappa shape index (κ2) is 14.8. The Morgan fingerprint density at radius 1 is 0.566 bits per heavy atom. The van der Waals surface area contributed by atoms with Gasteiger partial charge in [-0.25, -0.2) is 0 Å². The molecule has 5 heterocycles. The lowest BCUT2D eigenvalue weighted by Gasteiger charge is -2.43. The Hall–Kier alpha value is -7.76. The Balaban J connectivity index is 1.11. The van der Waals surface area contributed by atoms with Gasteiger partial charge in [-0.3, -0.25) is 0 Å². The molecule has 0 bridgehead atoms. The molecule has 11 aromatic rings. The third kappa shape index (κ3) is 5.76. The van der Waals surface area contributed by atoms with Crippen LogP contribution in [0.3, 0.4) is 0 Å². The monoisotopic (exact) mass is 984 g/mol. The number of aromatic nitrogens is 1. The molecule has 5 aliphatic rings. The van der Waals surface area contributed by atoms with E-state index in [0.29, 0.717) is 0 Å². The fourth-order valence-electron chi connectivity index (χ4n) is 15.1. The number of hydrogen-bond donors (Lipinski definition) is 0. The van der Waals surface area contributed by atoms with Gasteiger partial charge >= 0.3 is 6.85 Å². The van der Waals surface area contributed by atoms with Crippen LogP contribution in [-0.4, -0.2) is 11.4 Å². The molecule has 76 heavy (non-hydrogen) atoms. The molecule has 2 aliphatic carbocycles. The maximum atomic E-state index is 7.48. The van der Waals surface area contributed by atoms with Crippen molar-refractivity contribution in [3.05, 3.63) is 214 Å². The number of fused-ring (bicyclic) bond motifs is 18. The van der Waals surface area contributed by atoms with Gasteiger partial charge in [0.1, 0.15) is 23.0 Å². The van der Waals surface area contributed by atoms with Gasteiger partial charge in [-0.05, 0) is 150 Å². The first kappa shape index (κ1) is 44.5. The second-order valence-corrected chi connectivity index (χ2v) is 25.8. The van der Waals surface area contributed by atoms with Crippen molar-refractivity contribution in [2.45, 2.75) is 109 Å². The standard InChI is InChI=1S/C71H61BN2O2/c1-68(2,3)42-28-30-43(31-29-42)74-56-37-51-46(44-24-16-18-26-50(44)71(51,8)9)34-47(56)61-62-45-25-17-19-27-58(45)75-67(62)63-48-35-52-53(70(6,7)33-32-69(52,4)5)38-55(48)73-57-36-49-59(39-54(57)72(74)64(61)65(63)73)76-66(41-22-14-11-15-23-41)60(49)40-20-12-10-13-21-40/h10-31,34-39,60,66H,32-33H2,1-9H3. The number of hydrogen-bond acceptors (Lipinski definition) is 3. The minimum absolute atomic E-state index is 0.00219. The van der Waals surface area contributed by atoms with Crippen LogP contribution in [0.2, 0.25) is 0 Å². The molecule has 0 fully saturated rings. The zero-order valence-electron chi connectivity index (χ0n) is 45.0. The van der Waals surface area contributed by atoms with Crippen LogP contribution in [0.4, 0.5) is 11.4 Å². The summed E-state index contributed by atoms with van der Waals surface area (Å²) in [5, 5.41) is 4.81. The van der Waals surface area contributed by atoms with E-state index in [9.17, 15) is 0 Å². The van der Waals surface area contributed by atoms with Gasteiger partial charge in [0.25, 0.3) is 0 Å². The average Bonchev–Trinajstić information content (AvgIpc) is 4.31. The average molecular weight is 985 g/mol. The van der Waals surface area contributed by atoms with E-state index in [1.54, 1.807) is 0 Å². The first-order valence-corrected chi connectivity index (χ1v) is 27.7. The third-order valence-corrected chi connectivity index (χ3v) is 19.2. The largest absolute Gasteiger partial charge is 0.484 e. The molecule has 0 amide bonds. The fourth-order valence-corrected chi connectivity index (χ4v) is 15.1. The van der Waals surface area contributed by atoms with Crippen molar-refractivity contribution in [2.24, 2.45) is 0 Å². The van der Waals surface area contributed by atoms with Gasteiger partial charge in [0.05, 0.1) is 22.3 Å². The number of rotatable bonds is 3. The van der Waals surface area contributed by atoms with Gasteiger partial charge in [0, 0.05) is 49.8 Å². The predicted octanol–water partition coefficient (Wildman–Crippen LogP) is 17.1. The summed E-state index contributed by atoms with van der Waals surface area (Å²) in [5.74, 6) is 0.928. The van der Waals surface area contributed by atoms with E-state index in [4.69, 9.17) is 9.15 Å². The molecular formula is C71H61BN2O2. The van der Waals surface area contributed by atoms with E-state index in [0.717, 1.165) is 35.1 Å². The van der Waals surface area contributed by atoms with Crippen LogP contribution in [0.25, 0.3) is 71.7 Å². The number of anilines is 2. The number of benzene rings is 9. The fraction of sp³-hybridized carbons (Fsp3) is 0.239. The molecule has 5 heteroatoms. The van der Waals surface area contributed by atoms with Crippen molar-refractivity contribution >= 4 is 72.9 Å². The molecule has 4 nitrogen and oxygen atoms in total. The summed E-state index contributed by atoms with van der Waals surface area (Å²) in [4.78, 5) is 2.72. The molecule has 370 valence electrons. The zero-order chi connectivity index (χ0) is 51.5. The second-order valence-electron chi connectivity index (χ2n) is 25.8. The van der Waals surface area contributed by atoms with E-state index in [-0.39, 0.29) is 40.5 Å². The van der Waals surface area contributed by atoms with Crippen molar-refractivity contribution < 1.29 is 9.15 Å². The summed E-state index contributed by atoms with van der Waals surface area (Å²) in [6, 6.07) is 64.7. The number of furan rings is 1. The van der Waals surface area contributed by atoms with Crippen molar-refractivity contribution in [3.8, 4) is 33.7 Å². The first-order chi connectivity index (χ1) is 36.6. The van der Waals surface area contributed by atoms with Gasteiger partial charge in [0.2, 0.25) is 0 Å². The maximum Gasteiger partial charge on any atom is 0.333 e. The van der Waals surface area contributed by atoms with Crippen molar-refractivity contribution in [3.63, 3.8) is 0 Å². The van der Waals surface area contributed by atoms with Crippen molar-refractivity contribution in [2.75, 3.05) is 4.81 Å². The van der Waals surface area contributed by atoms with Gasteiger partial charge in [0.15, 0.2) is 0 Å². The lowest BCUT2D eigenvalue weighted by Crippen LogP contribution is -2.60. The molecule has 2 unspecified atom stereocenters. The number of nitrogens with zero attached hydrogens (tertiary/aromatic N) is 2. The molecule has 2 aromatic heterocycles. The summed E-state index contributed by atoms with van der Waals surface area (Å²) >= 11 is 0. The van der Waals surface area contributed by atoms with Crippen LogP contribution in [0.5, 0.6) is 5.75 Å². The summed E-state index contributed by atoms with van der Waals surface area (Å²) < 4.78 is 17.6. The van der Waals surface area contributed by atoms with Crippen molar-refractivity contribution in [1.82, 2.24) is 4.57 Å². The topological polar surface area (TPSA) is 30.5 Å². The van der Waals surface area contributed by atoms with Gasteiger partial charge < -0.3 is 18.5 Å². The zero-order valence-corrected chi connectivity index (χ0v) is 45.0. The van der Waals surface area contributed by atoms with Crippen LogP contribution in [0.15, 0.2) is 174 Å². The van der Waals surface area contributed by atoms with Crippen LogP contribution in [0.1, 0.15) is 132 Å². The van der Waals surface area contributed by atoms with Crippen molar-refractivity contribution in [1.29, 1.82) is 0 Å². The first-order valence-electron chi connectivity index (χ1n) is 27.7. The van der Waals surface area contributed by atoms with Gasteiger partial charge in [-0.1, -0.05) is 178 Å². The lowest BCUT2D eigenvalue weighted by molar-refractivity contribution is 0.222. The van der Waals surface area contributed by atoms with E-state index in [1.807, 2.05) is 0 Å². The van der Waals surface area contributed by atoms with Crippen LogP contribution in [-0.2, 0) is 21.7 Å². The highest BCUT2D eigenvalue weighted by Crippen LogP contribution is 2.59. The summed E-state index contributed by atoms with van der Waals surface area (Å²) in [6.45, 7) is 21.4. The quantitative estimate of drug-likeness (QED) is 0.165. The SMILES string of the molecule is CC(C)(C)c1ccc(N2B3c4cc5c(cc4-n4c6cc7c(cc6c6c8oc9ccccc9c8c(c3c64)-c3cc4c(cc32)C(C)(C)c2ccccc2-4)C(C)(C)CCC7(C)C)C(c2ccccc2)C(c2ccccc2)O5)cc1.